The van der Waals surface area contributed by atoms with Gasteiger partial charge in [0.25, 0.3) is 0 Å². The average Bonchev–Trinajstić information content (AvgIpc) is 3.38. The van der Waals surface area contributed by atoms with Gasteiger partial charge in [0, 0.05) is 19.0 Å². The number of benzene rings is 2. The van der Waals surface area contributed by atoms with Crippen LogP contribution in [-0.2, 0) is 20.9 Å². The quantitative estimate of drug-likeness (QED) is 0.146. The number of oxazole rings is 1. The Morgan fingerprint density at radius 1 is 1.10 bits per heavy atom. The van der Waals surface area contributed by atoms with Gasteiger partial charge >= 0.3 is 12.1 Å². The van der Waals surface area contributed by atoms with Crippen LogP contribution in [0, 0.1) is 5.92 Å². The predicted octanol–water partition coefficient (Wildman–Crippen LogP) is 6.38. The van der Waals surface area contributed by atoms with Crippen LogP contribution in [0.1, 0.15) is 70.9 Å². The second kappa shape index (κ2) is 13.6. The number of hydrogen-bond donors (Lipinski definition) is 1. The first kappa shape index (κ1) is 30.0. The third-order valence-electron chi connectivity index (χ3n) is 6.90. The molecule has 41 heavy (non-hydrogen) atoms. The zero-order valence-corrected chi connectivity index (χ0v) is 24.2. The molecule has 9 heteroatoms. The largest absolute Gasteiger partial charge is 0.461 e. The fraction of sp³-hybridized carbons (Fsp3) is 0.438. The van der Waals surface area contributed by atoms with Gasteiger partial charge in [-0.25, -0.2) is 9.78 Å². The number of carbonyl (C=O) groups excluding carboxylic acids is 2. The molecule has 9 nitrogen and oxygen atoms in total. The lowest BCUT2D eigenvalue weighted by Crippen LogP contribution is -2.35. The van der Waals surface area contributed by atoms with Crippen LogP contribution in [0.5, 0.6) is 0 Å². The van der Waals surface area contributed by atoms with Crippen LogP contribution in [0.4, 0.5) is 4.79 Å². The van der Waals surface area contributed by atoms with Crippen molar-refractivity contribution in [2.75, 3.05) is 13.1 Å². The highest BCUT2D eigenvalue weighted by molar-refractivity contribution is 5.90. The van der Waals surface area contributed by atoms with Gasteiger partial charge in [0.1, 0.15) is 29.7 Å². The van der Waals surface area contributed by atoms with Crippen molar-refractivity contribution >= 4 is 29.0 Å². The highest BCUT2D eigenvalue weighted by atomic mass is 16.6. The van der Waals surface area contributed by atoms with Gasteiger partial charge in [-0.15, -0.1) is 0 Å². The SMILES string of the molecule is C/C(=N/C(=O)OC(C)(C)C)N1CCC(=CC[C@H](CC(=O)OCc2ccccc2)C(O)c2nc3ccccc3o2)CC1. The molecule has 1 unspecified atom stereocenters. The summed E-state index contributed by atoms with van der Waals surface area (Å²) in [4.78, 5) is 35.5. The number of esters is 1. The Morgan fingerprint density at radius 3 is 2.46 bits per heavy atom. The zero-order valence-electron chi connectivity index (χ0n) is 24.2. The molecule has 4 rings (SSSR count). The number of para-hydroxylation sites is 2. The summed E-state index contributed by atoms with van der Waals surface area (Å²) in [6.07, 6.45) is 2.47. The van der Waals surface area contributed by atoms with Gasteiger partial charge in [-0.3, -0.25) is 4.79 Å². The number of allylic oxidation sites excluding steroid dienone is 1. The van der Waals surface area contributed by atoms with Gasteiger partial charge in [0.2, 0.25) is 5.89 Å². The summed E-state index contributed by atoms with van der Waals surface area (Å²) in [5, 5.41) is 11.3. The molecular weight excluding hydrogens is 522 g/mol. The summed E-state index contributed by atoms with van der Waals surface area (Å²) in [5.41, 5.74) is 2.77. The van der Waals surface area contributed by atoms with E-state index in [1.54, 1.807) is 6.07 Å². The molecule has 1 aromatic heterocycles. The Balaban J connectivity index is 1.40. The lowest BCUT2D eigenvalue weighted by Gasteiger charge is -2.30. The fourth-order valence-corrected chi connectivity index (χ4v) is 4.68. The van der Waals surface area contributed by atoms with Crippen LogP contribution in [0.3, 0.4) is 0 Å². The minimum atomic E-state index is -1.08. The van der Waals surface area contributed by atoms with E-state index in [2.05, 4.69) is 21.0 Å². The molecule has 0 bridgehead atoms. The first-order chi connectivity index (χ1) is 19.6. The van der Waals surface area contributed by atoms with E-state index in [-0.39, 0.29) is 18.9 Å². The Labute approximate surface area is 240 Å². The molecule has 1 N–H and O–H groups in total. The lowest BCUT2D eigenvalue weighted by atomic mass is 9.92. The Morgan fingerprint density at radius 2 is 1.78 bits per heavy atom. The number of ether oxygens (including phenoxy) is 2. The molecule has 3 aromatic rings. The number of nitrogens with zero attached hydrogens (tertiary/aromatic N) is 3. The van der Waals surface area contributed by atoms with Crippen LogP contribution >= 0.6 is 0 Å². The van der Waals surface area contributed by atoms with Crippen LogP contribution in [-0.4, -0.2) is 51.6 Å². The number of rotatable bonds is 8. The first-order valence-electron chi connectivity index (χ1n) is 14.0. The maximum Gasteiger partial charge on any atom is 0.435 e. The van der Waals surface area contributed by atoms with E-state index in [0.29, 0.717) is 36.4 Å². The van der Waals surface area contributed by atoms with Gasteiger partial charge in [0.15, 0.2) is 5.58 Å². The Kier molecular flexibility index (Phi) is 9.94. The summed E-state index contributed by atoms with van der Waals surface area (Å²) in [7, 11) is 0. The van der Waals surface area contributed by atoms with E-state index < -0.39 is 29.7 Å². The van der Waals surface area contributed by atoms with Crippen molar-refractivity contribution < 1.29 is 28.6 Å². The second-order valence-electron chi connectivity index (χ2n) is 11.3. The molecule has 0 saturated carbocycles. The summed E-state index contributed by atoms with van der Waals surface area (Å²) in [5.74, 6) is -0.0541. The van der Waals surface area contributed by atoms with Crippen molar-refractivity contribution in [1.82, 2.24) is 9.88 Å². The smallest absolute Gasteiger partial charge is 0.435 e. The topological polar surface area (TPSA) is 114 Å². The molecule has 2 atom stereocenters. The van der Waals surface area contributed by atoms with Crippen molar-refractivity contribution in [1.29, 1.82) is 0 Å². The van der Waals surface area contributed by atoms with E-state index in [1.165, 1.54) is 5.57 Å². The number of amidine groups is 1. The van der Waals surface area contributed by atoms with Crippen LogP contribution in [0.25, 0.3) is 11.1 Å². The fourth-order valence-electron chi connectivity index (χ4n) is 4.68. The van der Waals surface area contributed by atoms with Crippen molar-refractivity contribution in [3.63, 3.8) is 0 Å². The zero-order chi connectivity index (χ0) is 29.4. The number of aromatic nitrogens is 1. The molecule has 0 radical (unpaired) electrons. The molecule has 218 valence electrons. The number of aliphatic hydroxyl groups is 1. The predicted molar refractivity (Wildman–Crippen MR) is 156 cm³/mol. The van der Waals surface area contributed by atoms with Gasteiger partial charge in [-0.1, -0.05) is 54.1 Å². The summed E-state index contributed by atoms with van der Waals surface area (Å²) >= 11 is 0. The number of carbonyl (C=O) groups is 2. The third kappa shape index (κ3) is 9.01. The summed E-state index contributed by atoms with van der Waals surface area (Å²) < 4.78 is 16.6. The van der Waals surface area contributed by atoms with E-state index >= 15 is 0 Å². The number of hydrogen-bond acceptors (Lipinski definition) is 7. The maximum absolute atomic E-state index is 12.8. The second-order valence-corrected chi connectivity index (χ2v) is 11.3. The molecule has 2 heterocycles. The Bertz CT molecular complexity index is 1350. The molecule has 2 aromatic carbocycles. The van der Waals surface area contributed by atoms with Gasteiger partial charge in [-0.2, -0.15) is 4.99 Å². The van der Waals surface area contributed by atoms with E-state index in [9.17, 15) is 14.7 Å². The van der Waals surface area contributed by atoms with Crippen LogP contribution in [0.2, 0.25) is 0 Å². The van der Waals surface area contributed by atoms with E-state index in [1.807, 2.05) is 76.2 Å². The van der Waals surface area contributed by atoms with Gasteiger partial charge in [0.05, 0.1) is 6.42 Å². The van der Waals surface area contributed by atoms with Crippen molar-refractivity contribution in [2.45, 2.75) is 71.7 Å². The summed E-state index contributed by atoms with van der Waals surface area (Å²) in [6, 6.07) is 16.8. The molecule has 0 spiro atoms. The maximum atomic E-state index is 12.8. The van der Waals surface area contributed by atoms with E-state index in [4.69, 9.17) is 13.9 Å². The number of piperidine rings is 1. The van der Waals surface area contributed by atoms with Crippen LogP contribution in [0.15, 0.2) is 75.7 Å². The average molecular weight is 562 g/mol. The first-order valence-corrected chi connectivity index (χ1v) is 14.0. The van der Waals surface area contributed by atoms with Gasteiger partial charge < -0.3 is 23.9 Å². The number of aliphatic hydroxyl groups excluding tert-OH is 1. The van der Waals surface area contributed by atoms with E-state index in [0.717, 1.165) is 18.4 Å². The van der Waals surface area contributed by atoms with Crippen molar-refractivity contribution in [3.05, 3.63) is 77.7 Å². The monoisotopic (exact) mass is 561 g/mol. The van der Waals surface area contributed by atoms with Gasteiger partial charge in [-0.05, 0) is 64.7 Å². The molecule has 1 saturated heterocycles. The molecule has 0 aliphatic carbocycles. The third-order valence-corrected chi connectivity index (χ3v) is 6.90. The highest BCUT2D eigenvalue weighted by Crippen LogP contribution is 2.31. The highest BCUT2D eigenvalue weighted by Gasteiger charge is 2.28. The molecule has 1 aliphatic heterocycles. The van der Waals surface area contributed by atoms with Crippen LogP contribution < -0.4 is 0 Å². The molecule has 1 fully saturated rings. The Hall–Kier alpha value is -3.98. The number of amides is 1. The minimum absolute atomic E-state index is 0.0181. The number of aliphatic imine (C=N–C) groups is 1. The number of fused-ring (bicyclic) bond motifs is 1. The van der Waals surface area contributed by atoms with Crippen molar-refractivity contribution in [2.24, 2.45) is 10.9 Å². The normalized spacial score (nSPS) is 15.9. The summed E-state index contributed by atoms with van der Waals surface area (Å²) in [6.45, 7) is 8.84. The molecular formula is C32H39N3O6. The van der Waals surface area contributed by atoms with Crippen molar-refractivity contribution in [3.8, 4) is 0 Å². The minimum Gasteiger partial charge on any atom is -0.461 e. The standard InChI is InChI=1S/C32H39N3O6/c1-22(33-31(38)41-32(2,3)4)35-18-16-23(17-19-35)14-15-25(20-28(36)39-21-24-10-6-5-7-11-24)29(37)30-34-26-12-8-9-13-27(26)40-30/h5-14,25,29,37H,15-21H2,1-4H3/b33-22-/t25-,29?/m1/s1. The molecule has 1 aliphatic rings. The molecule has 1 amide bonds. The lowest BCUT2D eigenvalue weighted by molar-refractivity contribution is -0.147. The number of likely N-dealkylation sites (tertiary alicyclic amines) is 1.